The maximum Gasteiger partial charge on any atom is 0.0544 e. The van der Waals surface area contributed by atoms with Crippen LogP contribution < -0.4 is 0 Å². The first-order chi connectivity index (χ1) is 7.78. The molecule has 0 bridgehead atoms. The summed E-state index contributed by atoms with van der Waals surface area (Å²) in [7, 11) is 2.19. The van der Waals surface area contributed by atoms with E-state index in [4.69, 9.17) is 0 Å². The van der Waals surface area contributed by atoms with E-state index < -0.39 is 0 Å². The second-order valence-electron chi connectivity index (χ2n) is 4.59. The van der Waals surface area contributed by atoms with Crippen molar-refractivity contribution in [1.29, 1.82) is 0 Å². The molecule has 0 spiro atoms. The summed E-state index contributed by atoms with van der Waals surface area (Å²) < 4.78 is 0. The van der Waals surface area contributed by atoms with E-state index in [1.54, 1.807) is 0 Å². The Balaban J connectivity index is 1.88. The summed E-state index contributed by atoms with van der Waals surface area (Å²) in [5, 5.41) is 0. The second kappa shape index (κ2) is 5.41. The maximum atomic E-state index is 4.51. The van der Waals surface area contributed by atoms with Gasteiger partial charge in [0.25, 0.3) is 0 Å². The topological polar surface area (TPSA) is 19.4 Å². The standard InChI is InChI=1S/C13H21N3/c1-3-12-4-5-13(14-10-12)11-16-8-6-15(2)7-9-16/h4-5,10H,3,6-9,11H2,1-2H3. The van der Waals surface area contributed by atoms with E-state index in [0.29, 0.717) is 0 Å². The lowest BCUT2D eigenvalue weighted by molar-refractivity contribution is 0.147. The van der Waals surface area contributed by atoms with Gasteiger partial charge in [-0.1, -0.05) is 13.0 Å². The van der Waals surface area contributed by atoms with Crippen LogP contribution in [0.1, 0.15) is 18.2 Å². The van der Waals surface area contributed by atoms with Crippen LogP contribution >= 0.6 is 0 Å². The van der Waals surface area contributed by atoms with Crippen LogP contribution in [0.25, 0.3) is 0 Å². The van der Waals surface area contributed by atoms with Crippen molar-refractivity contribution in [2.24, 2.45) is 0 Å². The van der Waals surface area contributed by atoms with Crippen LogP contribution in [0.3, 0.4) is 0 Å². The summed E-state index contributed by atoms with van der Waals surface area (Å²) in [6, 6.07) is 4.36. The smallest absolute Gasteiger partial charge is 0.0544 e. The summed E-state index contributed by atoms with van der Waals surface area (Å²) in [5.74, 6) is 0. The van der Waals surface area contributed by atoms with Gasteiger partial charge in [-0.25, -0.2) is 0 Å². The molecule has 0 saturated carbocycles. The van der Waals surface area contributed by atoms with Crippen molar-refractivity contribution in [3.63, 3.8) is 0 Å². The molecule has 2 rings (SSSR count). The van der Waals surface area contributed by atoms with E-state index in [0.717, 1.165) is 26.1 Å². The third-order valence-corrected chi connectivity index (χ3v) is 3.28. The Morgan fingerprint density at radius 3 is 2.50 bits per heavy atom. The molecule has 1 aliphatic heterocycles. The van der Waals surface area contributed by atoms with Crippen LogP contribution in [0.4, 0.5) is 0 Å². The van der Waals surface area contributed by atoms with Crippen LogP contribution in [0, 0.1) is 0 Å². The Labute approximate surface area is 98.1 Å². The van der Waals surface area contributed by atoms with Gasteiger partial charge in [0.15, 0.2) is 0 Å². The van der Waals surface area contributed by atoms with Gasteiger partial charge in [-0.05, 0) is 25.1 Å². The molecule has 1 aromatic rings. The largest absolute Gasteiger partial charge is 0.304 e. The van der Waals surface area contributed by atoms with Crippen molar-refractivity contribution in [1.82, 2.24) is 14.8 Å². The quantitative estimate of drug-likeness (QED) is 0.766. The van der Waals surface area contributed by atoms with Crippen LogP contribution in [0.15, 0.2) is 18.3 Å². The van der Waals surface area contributed by atoms with E-state index in [2.05, 4.69) is 40.9 Å². The first-order valence-corrected chi connectivity index (χ1v) is 6.12. The molecule has 0 unspecified atom stereocenters. The monoisotopic (exact) mass is 219 g/mol. The van der Waals surface area contributed by atoms with Gasteiger partial charge in [-0.3, -0.25) is 9.88 Å². The molecule has 0 atom stereocenters. The molecule has 0 aromatic carbocycles. The number of pyridine rings is 1. The molecular formula is C13H21N3. The SMILES string of the molecule is CCc1ccc(CN2CCN(C)CC2)nc1. The number of nitrogens with zero attached hydrogens (tertiary/aromatic N) is 3. The number of hydrogen-bond donors (Lipinski definition) is 0. The normalized spacial score (nSPS) is 18.9. The summed E-state index contributed by atoms with van der Waals surface area (Å²) in [4.78, 5) is 9.37. The Hall–Kier alpha value is -0.930. The van der Waals surface area contributed by atoms with Gasteiger partial charge >= 0.3 is 0 Å². The van der Waals surface area contributed by atoms with Gasteiger partial charge < -0.3 is 4.90 Å². The van der Waals surface area contributed by atoms with Crippen molar-refractivity contribution < 1.29 is 0 Å². The van der Waals surface area contributed by atoms with E-state index in [9.17, 15) is 0 Å². The molecule has 0 aliphatic carbocycles. The number of likely N-dealkylation sites (N-methyl/N-ethyl adjacent to an activating group) is 1. The molecule has 1 saturated heterocycles. The fraction of sp³-hybridized carbons (Fsp3) is 0.615. The minimum atomic E-state index is 0.998. The van der Waals surface area contributed by atoms with Gasteiger partial charge in [0.05, 0.1) is 5.69 Å². The lowest BCUT2D eigenvalue weighted by Gasteiger charge is -2.32. The summed E-state index contributed by atoms with van der Waals surface area (Å²) >= 11 is 0. The summed E-state index contributed by atoms with van der Waals surface area (Å²) in [6.45, 7) is 7.83. The molecule has 1 aromatic heterocycles. The van der Waals surface area contributed by atoms with Crippen molar-refractivity contribution >= 4 is 0 Å². The minimum absolute atomic E-state index is 0.998. The molecule has 1 aliphatic rings. The van der Waals surface area contributed by atoms with Crippen LogP contribution in [0.2, 0.25) is 0 Å². The van der Waals surface area contributed by atoms with Crippen LogP contribution in [-0.2, 0) is 13.0 Å². The molecule has 0 N–H and O–H groups in total. The zero-order valence-electron chi connectivity index (χ0n) is 10.3. The predicted molar refractivity (Wildman–Crippen MR) is 66.4 cm³/mol. The molecule has 3 heteroatoms. The van der Waals surface area contributed by atoms with Crippen molar-refractivity contribution in [2.45, 2.75) is 19.9 Å². The number of piperazine rings is 1. The van der Waals surface area contributed by atoms with Crippen LogP contribution in [0.5, 0.6) is 0 Å². The molecule has 16 heavy (non-hydrogen) atoms. The lowest BCUT2D eigenvalue weighted by Crippen LogP contribution is -2.43. The molecule has 0 radical (unpaired) electrons. The summed E-state index contributed by atoms with van der Waals surface area (Å²) in [5.41, 5.74) is 2.52. The number of hydrogen-bond acceptors (Lipinski definition) is 3. The first kappa shape index (κ1) is 11.6. The average Bonchev–Trinajstić information content (AvgIpc) is 2.33. The van der Waals surface area contributed by atoms with E-state index >= 15 is 0 Å². The molecule has 3 nitrogen and oxygen atoms in total. The van der Waals surface area contributed by atoms with Gasteiger partial charge in [0.2, 0.25) is 0 Å². The Bertz CT molecular complexity index is 312. The Kier molecular flexibility index (Phi) is 3.91. The van der Waals surface area contributed by atoms with E-state index in [-0.39, 0.29) is 0 Å². The third-order valence-electron chi connectivity index (χ3n) is 3.28. The van der Waals surface area contributed by atoms with Gasteiger partial charge in [0, 0.05) is 38.9 Å². The first-order valence-electron chi connectivity index (χ1n) is 6.12. The van der Waals surface area contributed by atoms with E-state index in [1.807, 2.05) is 6.20 Å². The van der Waals surface area contributed by atoms with Gasteiger partial charge in [-0.15, -0.1) is 0 Å². The molecule has 88 valence electrons. The Morgan fingerprint density at radius 2 is 1.94 bits per heavy atom. The van der Waals surface area contributed by atoms with Gasteiger partial charge in [-0.2, -0.15) is 0 Å². The maximum absolute atomic E-state index is 4.51. The highest BCUT2D eigenvalue weighted by Gasteiger charge is 2.13. The third kappa shape index (κ3) is 3.03. The number of aromatic nitrogens is 1. The highest BCUT2D eigenvalue weighted by molar-refractivity contribution is 5.13. The number of rotatable bonds is 3. The highest BCUT2D eigenvalue weighted by atomic mass is 15.2. The highest BCUT2D eigenvalue weighted by Crippen LogP contribution is 2.07. The number of aryl methyl sites for hydroxylation is 1. The predicted octanol–water partition coefficient (Wildman–Crippen LogP) is 1.39. The summed E-state index contributed by atoms with van der Waals surface area (Å²) in [6.07, 6.45) is 3.08. The van der Waals surface area contributed by atoms with E-state index in [1.165, 1.54) is 24.3 Å². The molecule has 0 amide bonds. The van der Waals surface area contributed by atoms with Crippen LogP contribution in [-0.4, -0.2) is 48.0 Å². The van der Waals surface area contributed by atoms with Crippen molar-refractivity contribution in [3.05, 3.63) is 29.6 Å². The fourth-order valence-corrected chi connectivity index (χ4v) is 1.99. The molecule has 1 fully saturated rings. The van der Waals surface area contributed by atoms with Gasteiger partial charge in [0.1, 0.15) is 0 Å². The molecular weight excluding hydrogens is 198 g/mol. The lowest BCUT2D eigenvalue weighted by atomic mass is 10.2. The zero-order valence-corrected chi connectivity index (χ0v) is 10.3. The second-order valence-corrected chi connectivity index (χ2v) is 4.59. The average molecular weight is 219 g/mol. The van der Waals surface area contributed by atoms with Crippen molar-refractivity contribution in [3.8, 4) is 0 Å². The molecule has 2 heterocycles. The van der Waals surface area contributed by atoms with Crippen molar-refractivity contribution in [2.75, 3.05) is 33.2 Å². The fourth-order valence-electron chi connectivity index (χ4n) is 1.99. The Morgan fingerprint density at radius 1 is 1.19 bits per heavy atom. The zero-order chi connectivity index (χ0) is 11.4. The minimum Gasteiger partial charge on any atom is -0.304 e.